The molecule has 1 N–H and O–H groups in total. The third kappa shape index (κ3) is 1.68. The van der Waals surface area contributed by atoms with Gasteiger partial charge in [0.15, 0.2) is 0 Å². The van der Waals surface area contributed by atoms with Crippen molar-refractivity contribution in [1.29, 1.82) is 0 Å². The van der Waals surface area contributed by atoms with Crippen molar-refractivity contribution in [2.24, 2.45) is 5.18 Å². The van der Waals surface area contributed by atoms with Gasteiger partial charge < -0.3 is 5.11 Å². The van der Waals surface area contributed by atoms with E-state index in [4.69, 9.17) is 5.11 Å². The summed E-state index contributed by atoms with van der Waals surface area (Å²) >= 11 is 3.09. The van der Waals surface area contributed by atoms with Crippen molar-refractivity contribution in [3.05, 3.63) is 33.1 Å². The van der Waals surface area contributed by atoms with E-state index in [9.17, 15) is 9.70 Å². The minimum atomic E-state index is -1.16. The van der Waals surface area contributed by atoms with E-state index < -0.39 is 5.97 Å². The smallest absolute Gasteiger partial charge is 0.338 e. The first-order chi connectivity index (χ1) is 5.65. The van der Waals surface area contributed by atoms with Crippen LogP contribution in [0, 0.1) is 4.91 Å². The number of rotatable bonds is 2. The monoisotopic (exact) mass is 229 g/mol. The van der Waals surface area contributed by atoms with Crippen LogP contribution in [0.2, 0.25) is 0 Å². The normalized spacial score (nSPS) is 9.42. The Balaban J connectivity index is 3.30. The van der Waals surface area contributed by atoms with Crippen LogP contribution in [0.15, 0.2) is 27.8 Å². The van der Waals surface area contributed by atoms with Crippen LogP contribution >= 0.6 is 15.9 Å². The van der Waals surface area contributed by atoms with Crippen molar-refractivity contribution in [3.8, 4) is 0 Å². The summed E-state index contributed by atoms with van der Waals surface area (Å²) in [5.74, 6) is -1.16. The van der Waals surface area contributed by atoms with Crippen molar-refractivity contribution in [2.75, 3.05) is 0 Å². The molecule has 0 bridgehead atoms. The lowest BCUT2D eigenvalue weighted by Crippen LogP contribution is -1.95. The van der Waals surface area contributed by atoms with Gasteiger partial charge in [-0.05, 0) is 23.4 Å². The Hall–Kier alpha value is -1.23. The molecular weight excluding hydrogens is 226 g/mol. The molecule has 0 aliphatic carbocycles. The lowest BCUT2D eigenvalue weighted by Gasteiger charge is -1.97. The highest BCUT2D eigenvalue weighted by Crippen LogP contribution is 2.22. The van der Waals surface area contributed by atoms with Gasteiger partial charge in [0, 0.05) is 4.47 Å². The second-order valence-corrected chi connectivity index (χ2v) is 2.97. The molecule has 5 heteroatoms. The van der Waals surface area contributed by atoms with E-state index in [0.717, 1.165) is 0 Å². The van der Waals surface area contributed by atoms with Crippen LogP contribution in [0.1, 0.15) is 10.4 Å². The molecule has 0 aliphatic heterocycles. The molecular formula is C7H4BrNO3. The first-order valence-electron chi connectivity index (χ1n) is 3.01. The number of carbonyl (C=O) groups is 1. The lowest BCUT2D eigenvalue weighted by atomic mass is 10.2. The van der Waals surface area contributed by atoms with Crippen LogP contribution in [0.25, 0.3) is 0 Å². The average molecular weight is 230 g/mol. The SMILES string of the molecule is O=Nc1ccc(Br)cc1C(=O)O. The molecule has 0 heterocycles. The number of benzene rings is 1. The molecule has 62 valence electrons. The quantitative estimate of drug-likeness (QED) is 0.793. The van der Waals surface area contributed by atoms with Gasteiger partial charge >= 0.3 is 5.97 Å². The maximum atomic E-state index is 10.5. The van der Waals surface area contributed by atoms with E-state index in [1.807, 2.05) is 0 Å². The number of aromatic carboxylic acids is 1. The number of halogens is 1. The highest BCUT2D eigenvalue weighted by molar-refractivity contribution is 9.10. The van der Waals surface area contributed by atoms with E-state index in [0.29, 0.717) is 4.47 Å². The predicted molar refractivity (Wildman–Crippen MR) is 46.6 cm³/mol. The number of nitrogens with zero attached hydrogens (tertiary/aromatic N) is 1. The molecule has 0 unspecified atom stereocenters. The molecule has 1 rings (SSSR count). The minimum absolute atomic E-state index is 0.0642. The summed E-state index contributed by atoms with van der Waals surface area (Å²) in [6, 6.07) is 4.24. The average Bonchev–Trinajstić information content (AvgIpc) is 2.04. The van der Waals surface area contributed by atoms with Crippen LogP contribution in [-0.2, 0) is 0 Å². The van der Waals surface area contributed by atoms with Crippen LogP contribution in [-0.4, -0.2) is 11.1 Å². The Bertz CT molecular complexity index is 337. The van der Waals surface area contributed by atoms with Gasteiger partial charge in [0.1, 0.15) is 5.69 Å². The van der Waals surface area contributed by atoms with Gasteiger partial charge in [0.2, 0.25) is 0 Å². The summed E-state index contributed by atoms with van der Waals surface area (Å²) in [4.78, 5) is 20.6. The molecule has 0 fully saturated rings. The van der Waals surface area contributed by atoms with Gasteiger partial charge in [0.25, 0.3) is 0 Å². The molecule has 1 aromatic carbocycles. The third-order valence-corrected chi connectivity index (χ3v) is 1.78. The summed E-state index contributed by atoms with van der Waals surface area (Å²) in [5, 5.41) is 11.2. The fourth-order valence-corrected chi connectivity index (χ4v) is 1.12. The number of hydrogen-bond donors (Lipinski definition) is 1. The minimum Gasteiger partial charge on any atom is -0.478 e. The van der Waals surface area contributed by atoms with Gasteiger partial charge in [-0.3, -0.25) is 0 Å². The third-order valence-electron chi connectivity index (χ3n) is 1.29. The van der Waals surface area contributed by atoms with Crippen molar-refractivity contribution in [3.63, 3.8) is 0 Å². The molecule has 0 atom stereocenters. The zero-order valence-electron chi connectivity index (χ0n) is 5.82. The molecule has 0 saturated carbocycles. The van der Waals surface area contributed by atoms with Crippen LogP contribution in [0.4, 0.5) is 5.69 Å². The second kappa shape index (κ2) is 3.44. The van der Waals surface area contributed by atoms with Crippen molar-refractivity contribution < 1.29 is 9.90 Å². The number of carboxylic acid groups (broad SMARTS) is 1. The van der Waals surface area contributed by atoms with E-state index in [1.54, 1.807) is 6.07 Å². The topological polar surface area (TPSA) is 66.7 Å². The summed E-state index contributed by atoms with van der Waals surface area (Å²) in [5.41, 5.74) is -0.162. The number of carboxylic acids is 1. The lowest BCUT2D eigenvalue weighted by molar-refractivity contribution is 0.0698. The fourth-order valence-electron chi connectivity index (χ4n) is 0.759. The van der Waals surface area contributed by atoms with E-state index in [1.165, 1.54) is 12.1 Å². The van der Waals surface area contributed by atoms with Gasteiger partial charge in [-0.25, -0.2) is 4.79 Å². The number of nitroso groups, excluding NO2 is 1. The van der Waals surface area contributed by atoms with Crippen LogP contribution in [0.3, 0.4) is 0 Å². The van der Waals surface area contributed by atoms with Crippen molar-refractivity contribution in [1.82, 2.24) is 0 Å². The maximum absolute atomic E-state index is 10.5. The second-order valence-electron chi connectivity index (χ2n) is 2.06. The Morgan fingerprint density at radius 3 is 2.67 bits per heavy atom. The molecule has 0 aliphatic rings. The van der Waals surface area contributed by atoms with E-state index in [-0.39, 0.29) is 11.3 Å². The van der Waals surface area contributed by atoms with Crippen molar-refractivity contribution >= 4 is 27.6 Å². The Morgan fingerprint density at radius 1 is 1.50 bits per heavy atom. The summed E-state index contributed by atoms with van der Waals surface area (Å²) in [6.45, 7) is 0. The van der Waals surface area contributed by atoms with Gasteiger partial charge in [-0.2, -0.15) is 0 Å². The zero-order chi connectivity index (χ0) is 9.14. The molecule has 4 nitrogen and oxygen atoms in total. The molecule has 0 saturated heterocycles. The summed E-state index contributed by atoms with van der Waals surface area (Å²) in [7, 11) is 0. The maximum Gasteiger partial charge on any atom is 0.338 e. The Labute approximate surface area is 76.3 Å². The summed E-state index contributed by atoms with van der Waals surface area (Å²) < 4.78 is 0.604. The first-order valence-corrected chi connectivity index (χ1v) is 3.80. The van der Waals surface area contributed by atoms with Crippen LogP contribution < -0.4 is 0 Å². The van der Waals surface area contributed by atoms with E-state index in [2.05, 4.69) is 21.1 Å². The first kappa shape index (κ1) is 8.86. The van der Waals surface area contributed by atoms with Gasteiger partial charge in [0.05, 0.1) is 5.56 Å². The largest absolute Gasteiger partial charge is 0.478 e. The standard InChI is InChI=1S/C7H4BrNO3/c8-4-1-2-6(9-12)5(3-4)7(10)11/h1-3H,(H,10,11). The Kier molecular flexibility index (Phi) is 2.54. The fraction of sp³-hybridized carbons (Fsp3) is 0. The van der Waals surface area contributed by atoms with E-state index >= 15 is 0 Å². The molecule has 0 amide bonds. The molecule has 0 spiro atoms. The molecule has 0 radical (unpaired) electrons. The molecule has 0 aromatic heterocycles. The Morgan fingerprint density at radius 2 is 2.17 bits per heavy atom. The highest BCUT2D eigenvalue weighted by Gasteiger charge is 2.10. The van der Waals surface area contributed by atoms with Gasteiger partial charge in [-0.15, -0.1) is 4.91 Å². The van der Waals surface area contributed by atoms with Gasteiger partial charge in [-0.1, -0.05) is 15.9 Å². The van der Waals surface area contributed by atoms with Crippen molar-refractivity contribution in [2.45, 2.75) is 0 Å². The number of hydrogen-bond acceptors (Lipinski definition) is 3. The zero-order valence-corrected chi connectivity index (χ0v) is 7.41. The highest BCUT2D eigenvalue weighted by atomic mass is 79.9. The summed E-state index contributed by atoms with van der Waals surface area (Å²) in [6.07, 6.45) is 0. The molecule has 1 aromatic rings. The molecule has 12 heavy (non-hydrogen) atoms. The predicted octanol–water partition coefficient (Wildman–Crippen LogP) is 2.55. The van der Waals surface area contributed by atoms with Crippen LogP contribution in [0.5, 0.6) is 0 Å².